The van der Waals surface area contributed by atoms with E-state index in [1.165, 1.54) is 89.7 Å². The Kier molecular flexibility index (Phi) is 26.6. The molecule has 0 saturated carbocycles. The van der Waals surface area contributed by atoms with Crippen molar-refractivity contribution in [3.05, 3.63) is 25.7 Å². The van der Waals surface area contributed by atoms with E-state index < -0.39 is 24.2 Å². The molecule has 0 N–H and O–H groups in total. The van der Waals surface area contributed by atoms with Crippen LogP contribution < -0.4 is 0 Å². The van der Waals surface area contributed by atoms with E-state index in [0.29, 0.717) is 6.42 Å². The van der Waals surface area contributed by atoms with Crippen molar-refractivity contribution in [1.29, 1.82) is 0 Å². The maximum atomic E-state index is 11.1. The van der Waals surface area contributed by atoms with Gasteiger partial charge in [0.1, 0.15) is 0 Å². The van der Waals surface area contributed by atoms with Gasteiger partial charge in [-0.1, -0.05) is 110 Å². The standard InChI is InChI=1S/C20H38O2.C8H10O6/c1-3-5-6-7-8-9-10-11-12-13-14-15-16-17-18-19-20(21)22-4-2;1-4-12-7(11)8(13-5(2)9)14-6(3)10/h4H,2-3,5-19H2,1H3;4,8H,1H2,2-3H3. The van der Waals surface area contributed by atoms with Crippen molar-refractivity contribution in [2.24, 2.45) is 0 Å². The fourth-order valence-corrected chi connectivity index (χ4v) is 3.35. The first-order valence-corrected chi connectivity index (χ1v) is 13.2. The molecule has 0 aromatic rings. The minimum absolute atomic E-state index is 0.148. The van der Waals surface area contributed by atoms with Crippen molar-refractivity contribution < 1.29 is 38.1 Å². The molecule has 0 fully saturated rings. The van der Waals surface area contributed by atoms with Crippen LogP contribution in [0.2, 0.25) is 0 Å². The highest BCUT2D eigenvalue weighted by atomic mass is 16.7. The summed E-state index contributed by atoms with van der Waals surface area (Å²) in [6, 6.07) is 0. The van der Waals surface area contributed by atoms with Gasteiger partial charge in [-0.05, 0) is 6.42 Å². The van der Waals surface area contributed by atoms with E-state index >= 15 is 0 Å². The van der Waals surface area contributed by atoms with Crippen LogP contribution in [0.25, 0.3) is 0 Å². The summed E-state index contributed by atoms with van der Waals surface area (Å²) in [5.74, 6) is -2.70. The average molecular weight is 513 g/mol. The highest BCUT2D eigenvalue weighted by Gasteiger charge is 2.25. The van der Waals surface area contributed by atoms with Crippen LogP contribution in [0, 0.1) is 0 Å². The van der Waals surface area contributed by atoms with Gasteiger partial charge in [-0.2, -0.15) is 0 Å². The zero-order valence-corrected chi connectivity index (χ0v) is 22.7. The molecule has 0 amide bonds. The largest absolute Gasteiger partial charge is 0.435 e. The Hall–Kier alpha value is -2.64. The first kappa shape index (κ1) is 35.5. The molecule has 0 bridgehead atoms. The van der Waals surface area contributed by atoms with Gasteiger partial charge in [-0.3, -0.25) is 14.4 Å². The van der Waals surface area contributed by atoms with E-state index in [4.69, 9.17) is 0 Å². The predicted molar refractivity (Wildman–Crippen MR) is 139 cm³/mol. The van der Waals surface area contributed by atoms with E-state index in [9.17, 15) is 19.2 Å². The van der Waals surface area contributed by atoms with E-state index in [0.717, 1.165) is 33.0 Å². The predicted octanol–water partition coefficient (Wildman–Crippen LogP) is 7.06. The molecule has 0 atom stereocenters. The molecule has 0 unspecified atom stereocenters. The summed E-state index contributed by atoms with van der Waals surface area (Å²) >= 11 is 0. The van der Waals surface area contributed by atoms with Gasteiger partial charge in [0.05, 0.1) is 12.5 Å². The third-order valence-corrected chi connectivity index (χ3v) is 5.14. The van der Waals surface area contributed by atoms with Gasteiger partial charge < -0.3 is 18.9 Å². The van der Waals surface area contributed by atoms with E-state index in [1.807, 2.05) is 0 Å². The van der Waals surface area contributed by atoms with Crippen molar-refractivity contribution in [3.63, 3.8) is 0 Å². The third kappa shape index (κ3) is 27.6. The number of carbonyl (C=O) groups is 4. The Bertz CT molecular complexity index is 599. The quantitative estimate of drug-likeness (QED) is 0.0529. The fourth-order valence-electron chi connectivity index (χ4n) is 3.35. The lowest BCUT2D eigenvalue weighted by atomic mass is 10.0. The molecular formula is C28H48O8. The Labute approximate surface area is 217 Å². The molecule has 0 rings (SSSR count). The van der Waals surface area contributed by atoms with Gasteiger partial charge in [0.15, 0.2) is 0 Å². The van der Waals surface area contributed by atoms with E-state index in [2.05, 4.69) is 39.0 Å². The molecule has 0 radical (unpaired) electrons. The Morgan fingerprint density at radius 1 is 0.611 bits per heavy atom. The van der Waals surface area contributed by atoms with Crippen molar-refractivity contribution >= 4 is 23.9 Å². The zero-order chi connectivity index (χ0) is 27.4. The van der Waals surface area contributed by atoms with Gasteiger partial charge in [0.25, 0.3) is 0 Å². The highest BCUT2D eigenvalue weighted by Crippen LogP contribution is 2.13. The van der Waals surface area contributed by atoms with E-state index in [1.54, 1.807) is 0 Å². The lowest BCUT2D eigenvalue weighted by Gasteiger charge is -2.13. The molecule has 0 aliphatic heterocycles. The van der Waals surface area contributed by atoms with Gasteiger partial charge in [-0.15, -0.1) is 0 Å². The summed E-state index contributed by atoms with van der Waals surface area (Å²) < 4.78 is 17.7. The maximum Gasteiger partial charge on any atom is 0.394 e. The van der Waals surface area contributed by atoms with Crippen LogP contribution in [0.3, 0.4) is 0 Å². The monoisotopic (exact) mass is 512 g/mol. The van der Waals surface area contributed by atoms with Gasteiger partial charge >= 0.3 is 30.2 Å². The van der Waals surface area contributed by atoms with Crippen LogP contribution in [0.1, 0.15) is 124 Å². The molecule has 0 aliphatic carbocycles. The van der Waals surface area contributed by atoms with Crippen molar-refractivity contribution in [2.45, 2.75) is 130 Å². The lowest BCUT2D eigenvalue weighted by molar-refractivity contribution is -0.199. The van der Waals surface area contributed by atoms with Crippen LogP contribution in [-0.2, 0) is 38.1 Å². The minimum atomic E-state index is -1.68. The summed E-state index contributed by atoms with van der Waals surface area (Å²) in [4.78, 5) is 43.0. The van der Waals surface area contributed by atoms with Crippen molar-refractivity contribution in [1.82, 2.24) is 0 Å². The normalized spacial score (nSPS) is 10.0. The molecule has 0 aromatic carbocycles. The molecule has 8 nitrogen and oxygen atoms in total. The van der Waals surface area contributed by atoms with Gasteiger partial charge in [0, 0.05) is 20.3 Å². The summed E-state index contributed by atoms with van der Waals surface area (Å²) in [6.45, 7) is 10.9. The van der Waals surface area contributed by atoms with Crippen molar-refractivity contribution in [3.8, 4) is 0 Å². The number of carbonyl (C=O) groups excluding carboxylic acids is 4. The number of hydrogen-bond donors (Lipinski definition) is 0. The number of ether oxygens (including phenoxy) is 4. The molecule has 208 valence electrons. The second-order valence-electron chi connectivity index (χ2n) is 8.51. The van der Waals surface area contributed by atoms with Crippen LogP contribution in [0.15, 0.2) is 25.7 Å². The minimum Gasteiger partial charge on any atom is -0.435 e. The number of unbranched alkanes of at least 4 members (excludes halogenated alkanes) is 14. The number of esters is 4. The van der Waals surface area contributed by atoms with Crippen LogP contribution in [0.4, 0.5) is 0 Å². The van der Waals surface area contributed by atoms with Crippen LogP contribution in [-0.4, -0.2) is 30.2 Å². The molecule has 0 aromatic heterocycles. The zero-order valence-electron chi connectivity index (χ0n) is 22.7. The summed E-state index contributed by atoms with van der Waals surface area (Å²) in [6.07, 6.45) is 21.1. The Morgan fingerprint density at radius 3 is 1.31 bits per heavy atom. The summed E-state index contributed by atoms with van der Waals surface area (Å²) in [5.41, 5.74) is 0. The molecule has 0 spiro atoms. The molecule has 0 saturated heterocycles. The van der Waals surface area contributed by atoms with Gasteiger partial charge in [0.2, 0.25) is 0 Å². The second-order valence-corrected chi connectivity index (χ2v) is 8.51. The summed E-state index contributed by atoms with van der Waals surface area (Å²) in [5, 5.41) is 0. The molecule has 0 aliphatic rings. The fraction of sp³-hybridized carbons (Fsp3) is 0.714. The molecule has 36 heavy (non-hydrogen) atoms. The SMILES string of the molecule is C=COC(=O)C(OC(C)=O)OC(C)=O.C=COC(=O)CCCCCCCCCCCCCCCCC. The first-order chi connectivity index (χ1) is 17.3. The number of rotatable bonds is 21. The number of hydrogen-bond acceptors (Lipinski definition) is 8. The first-order valence-electron chi connectivity index (χ1n) is 13.2. The smallest absolute Gasteiger partial charge is 0.394 e. The van der Waals surface area contributed by atoms with Crippen LogP contribution >= 0.6 is 0 Å². The maximum absolute atomic E-state index is 11.1. The molecule has 0 heterocycles. The molecular weight excluding hydrogens is 464 g/mol. The van der Waals surface area contributed by atoms with Crippen LogP contribution in [0.5, 0.6) is 0 Å². The summed E-state index contributed by atoms with van der Waals surface area (Å²) in [7, 11) is 0. The van der Waals surface area contributed by atoms with Gasteiger partial charge in [-0.25, -0.2) is 4.79 Å². The second kappa shape index (κ2) is 27.0. The molecule has 8 heteroatoms. The highest BCUT2D eigenvalue weighted by molar-refractivity contribution is 5.80. The average Bonchev–Trinajstić information content (AvgIpc) is 2.81. The Morgan fingerprint density at radius 2 is 0.972 bits per heavy atom. The lowest BCUT2D eigenvalue weighted by Crippen LogP contribution is -2.31. The van der Waals surface area contributed by atoms with Crippen molar-refractivity contribution in [2.75, 3.05) is 0 Å². The Balaban J connectivity index is 0. The third-order valence-electron chi connectivity index (χ3n) is 5.14. The van der Waals surface area contributed by atoms with E-state index in [-0.39, 0.29) is 5.97 Å². The topological polar surface area (TPSA) is 105 Å².